The topological polar surface area (TPSA) is 51.8 Å². The van der Waals surface area contributed by atoms with Gasteiger partial charge in [0.2, 0.25) is 5.95 Å². The number of fused-ring (bicyclic) bond motifs is 1. The van der Waals surface area contributed by atoms with Crippen molar-refractivity contribution in [2.45, 2.75) is 13.8 Å². The van der Waals surface area contributed by atoms with Gasteiger partial charge in [-0.25, -0.2) is 9.97 Å². The van der Waals surface area contributed by atoms with Crippen LogP contribution in [0.3, 0.4) is 0 Å². The summed E-state index contributed by atoms with van der Waals surface area (Å²) in [5.74, 6) is 0.327. The summed E-state index contributed by atoms with van der Waals surface area (Å²) in [6, 6.07) is 14.7. The normalized spacial score (nSPS) is 10.8. The average Bonchev–Trinajstić information content (AvgIpc) is 2.39. The smallest absolute Gasteiger partial charge is 0.220 e. The Morgan fingerprint density at radius 3 is 2.26 bits per heavy atom. The molecule has 0 unspecified atom stereocenters. The van der Waals surface area contributed by atoms with E-state index in [1.54, 1.807) is 0 Å². The van der Waals surface area contributed by atoms with E-state index in [1.165, 1.54) is 16.7 Å². The molecule has 0 bridgehead atoms. The highest BCUT2D eigenvalue weighted by Gasteiger charge is 2.05. The lowest BCUT2D eigenvalue weighted by Gasteiger charge is -2.06. The van der Waals surface area contributed by atoms with Gasteiger partial charge >= 0.3 is 0 Å². The van der Waals surface area contributed by atoms with E-state index in [-0.39, 0.29) is 0 Å². The summed E-state index contributed by atoms with van der Waals surface area (Å²) in [6.07, 6.45) is 0. The molecule has 3 nitrogen and oxygen atoms in total. The Morgan fingerprint density at radius 1 is 0.842 bits per heavy atom. The van der Waals surface area contributed by atoms with E-state index in [2.05, 4.69) is 53.3 Å². The highest BCUT2D eigenvalue weighted by atomic mass is 15.0. The molecule has 0 spiro atoms. The number of hydrogen-bond donors (Lipinski definition) is 1. The van der Waals surface area contributed by atoms with Crippen LogP contribution in [0.2, 0.25) is 0 Å². The SMILES string of the molecule is Cc1ccc(-c2ccc3nc(N)nc(C)c3c2)cc1. The summed E-state index contributed by atoms with van der Waals surface area (Å²) in [5.41, 5.74) is 11.1. The van der Waals surface area contributed by atoms with Gasteiger partial charge in [-0.05, 0) is 37.1 Å². The lowest BCUT2D eigenvalue weighted by molar-refractivity contribution is 1.17. The Kier molecular flexibility index (Phi) is 2.67. The molecule has 0 radical (unpaired) electrons. The number of hydrogen-bond acceptors (Lipinski definition) is 3. The Morgan fingerprint density at radius 2 is 1.53 bits per heavy atom. The van der Waals surface area contributed by atoms with Gasteiger partial charge in [0.25, 0.3) is 0 Å². The van der Waals surface area contributed by atoms with Crippen molar-refractivity contribution >= 4 is 16.9 Å². The van der Waals surface area contributed by atoms with Gasteiger partial charge in [-0.3, -0.25) is 0 Å². The first-order chi connectivity index (χ1) is 9.13. The molecule has 3 heteroatoms. The van der Waals surface area contributed by atoms with Crippen LogP contribution in [0, 0.1) is 13.8 Å². The van der Waals surface area contributed by atoms with Crippen molar-refractivity contribution in [1.82, 2.24) is 9.97 Å². The molecule has 0 aliphatic heterocycles. The van der Waals surface area contributed by atoms with Crippen LogP contribution < -0.4 is 5.73 Å². The van der Waals surface area contributed by atoms with Crippen molar-refractivity contribution in [2.24, 2.45) is 0 Å². The fraction of sp³-hybridized carbons (Fsp3) is 0.125. The maximum absolute atomic E-state index is 5.67. The molecule has 0 atom stereocenters. The number of nitrogens with two attached hydrogens (primary N) is 1. The van der Waals surface area contributed by atoms with E-state index in [0.29, 0.717) is 5.95 Å². The minimum Gasteiger partial charge on any atom is -0.368 e. The number of rotatable bonds is 1. The fourth-order valence-corrected chi connectivity index (χ4v) is 2.23. The highest BCUT2D eigenvalue weighted by Crippen LogP contribution is 2.25. The van der Waals surface area contributed by atoms with E-state index in [9.17, 15) is 0 Å². The molecule has 0 saturated heterocycles. The van der Waals surface area contributed by atoms with Crippen LogP contribution in [0.25, 0.3) is 22.0 Å². The van der Waals surface area contributed by atoms with Crippen LogP contribution in [-0.2, 0) is 0 Å². The molecule has 0 fully saturated rings. The third-order valence-electron chi connectivity index (χ3n) is 3.29. The number of aryl methyl sites for hydroxylation is 2. The molecular formula is C16H15N3. The Balaban J connectivity index is 2.19. The molecule has 1 aromatic heterocycles. The molecule has 1 heterocycles. The predicted octanol–water partition coefficient (Wildman–Crippen LogP) is 3.50. The zero-order valence-electron chi connectivity index (χ0n) is 11.0. The summed E-state index contributed by atoms with van der Waals surface area (Å²) >= 11 is 0. The first-order valence-corrected chi connectivity index (χ1v) is 6.24. The number of nitrogen functional groups attached to an aromatic ring is 1. The van der Waals surface area contributed by atoms with Crippen molar-refractivity contribution in [3.05, 3.63) is 53.7 Å². The molecule has 2 aromatic carbocycles. The molecule has 0 saturated carbocycles. The predicted molar refractivity (Wildman–Crippen MR) is 78.9 cm³/mol. The first-order valence-electron chi connectivity index (χ1n) is 6.24. The number of benzene rings is 2. The molecule has 19 heavy (non-hydrogen) atoms. The van der Waals surface area contributed by atoms with Crippen LogP contribution >= 0.6 is 0 Å². The maximum Gasteiger partial charge on any atom is 0.220 e. The Hall–Kier alpha value is -2.42. The molecular weight excluding hydrogens is 234 g/mol. The van der Waals surface area contributed by atoms with Gasteiger partial charge in [0.15, 0.2) is 0 Å². The number of aromatic nitrogens is 2. The van der Waals surface area contributed by atoms with Crippen LogP contribution in [0.15, 0.2) is 42.5 Å². The molecule has 0 amide bonds. The molecule has 0 aliphatic rings. The van der Waals surface area contributed by atoms with Crippen molar-refractivity contribution < 1.29 is 0 Å². The summed E-state index contributed by atoms with van der Waals surface area (Å²) in [7, 11) is 0. The lowest BCUT2D eigenvalue weighted by atomic mass is 10.0. The van der Waals surface area contributed by atoms with Crippen LogP contribution in [0.4, 0.5) is 5.95 Å². The standard InChI is InChI=1S/C16H15N3/c1-10-3-5-12(6-4-10)13-7-8-15-14(9-13)11(2)18-16(17)19-15/h3-9H,1-2H3,(H2,17,18,19). The van der Waals surface area contributed by atoms with Crippen molar-refractivity contribution in [1.29, 1.82) is 0 Å². The molecule has 0 aliphatic carbocycles. The van der Waals surface area contributed by atoms with Crippen LogP contribution in [0.1, 0.15) is 11.3 Å². The van der Waals surface area contributed by atoms with E-state index in [1.807, 2.05) is 13.0 Å². The fourth-order valence-electron chi connectivity index (χ4n) is 2.23. The summed E-state index contributed by atoms with van der Waals surface area (Å²) in [4.78, 5) is 8.47. The third-order valence-corrected chi connectivity index (χ3v) is 3.29. The van der Waals surface area contributed by atoms with Crippen molar-refractivity contribution in [3.8, 4) is 11.1 Å². The van der Waals surface area contributed by atoms with Crippen LogP contribution in [0.5, 0.6) is 0 Å². The van der Waals surface area contributed by atoms with E-state index >= 15 is 0 Å². The first kappa shape index (κ1) is 11.7. The second-order valence-electron chi connectivity index (χ2n) is 4.77. The average molecular weight is 249 g/mol. The van der Waals surface area contributed by atoms with Gasteiger partial charge in [0.05, 0.1) is 11.2 Å². The summed E-state index contributed by atoms with van der Waals surface area (Å²) < 4.78 is 0. The molecule has 3 aromatic rings. The highest BCUT2D eigenvalue weighted by molar-refractivity contribution is 5.86. The zero-order valence-corrected chi connectivity index (χ0v) is 11.0. The van der Waals surface area contributed by atoms with E-state index in [0.717, 1.165) is 16.6 Å². The molecule has 3 rings (SSSR count). The second kappa shape index (κ2) is 4.35. The minimum atomic E-state index is 0.327. The van der Waals surface area contributed by atoms with Crippen molar-refractivity contribution in [3.63, 3.8) is 0 Å². The van der Waals surface area contributed by atoms with Gasteiger partial charge in [-0.2, -0.15) is 0 Å². The quantitative estimate of drug-likeness (QED) is 0.718. The molecule has 94 valence electrons. The summed E-state index contributed by atoms with van der Waals surface area (Å²) in [5, 5.41) is 1.05. The van der Waals surface area contributed by atoms with Gasteiger partial charge in [-0.15, -0.1) is 0 Å². The Bertz CT molecular complexity index is 746. The second-order valence-corrected chi connectivity index (χ2v) is 4.77. The largest absolute Gasteiger partial charge is 0.368 e. The number of nitrogens with zero attached hydrogens (tertiary/aromatic N) is 2. The Labute approximate surface area is 112 Å². The van der Waals surface area contributed by atoms with Gasteiger partial charge in [0.1, 0.15) is 0 Å². The number of anilines is 1. The zero-order chi connectivity index (χ0) is 13.4. The van der Waals surface area contributed by atoms with Crippen molar-refractivity contribution in [2.75, 3.05) is 5.73 Å². The minimum absolute atomic E-state index is 0.327. The molecule has 2 N–H and O–H groups in total. The van der Waals surface area contributed by atoms with E-state index < -0.39 is 0 Å². The van der Waals surface area contributed by atoms with Gasteiger partial charge in [-0.1, -0.05) is 35.9 Å². The van der Waals surface area contributed by atoms with E-state index in [4.69, 9.17) is 5.73 Å². The van der Waals surface area contributed by atoms with Gasteiger partial charge in [0, 0.05) is 5.39 Å². The third kappa shape index (κ3) is 2.15. The van der Waals surface area contributed by atoms with Gasteiger partial charge < -0.3 is 5.73 Å². The summed E-state index contributed by atoms with van der Waals surface area (Å²) in [6.45, 7) is 4.05. The monoisotopic (exact) mass is 249 g/mol. The maximum atomic E-state index is 5.67. The van der Waals surface area contributed by atoms with Crippen LogP contribution in [-0.4, -0.2) is 9.97 Å². The lowest BCUT2D eigenvalue weighted by Crippen LogP contribution is -1.97.